The maximum absolute atomic E-state index is 12.5. The summed E-state index contributed by atoms with van der Waals surface area (Å²) in [5.41, 5.74) is 4.38. The average Bonchev–Trinajstić information content (AvgIpc) is 3.38. The van der Waals surface area contributed by atoms with Crippen molar-refractivity contribution in [1.82, 2.24) is 15.8 Å². The summed E-state index contributed by atoms with van der Waals surface area (Å²) in [6.07, 6.45) is 5.96. The Hall–Kier alpha value is -1.83. The molecule has 1 heterocycles. The van der Waals surface area contributed by atoms with E-state index in [4.69, 9.17) is 9.47 Å². The van der Waals surface area contributed by atoms with E-state index in [9.17, 15) is 14.4 Å². The molecule has 2 aliphatic carbocycles. The van der Waals surface area contributed by atoms with Crippen LogP contribution in [0.2, 0.25) is 0 Å². The second-order valence-electron chi connectivity index (χ2n) is 8.79. The first-order valence-corrected chi connectivity index (χ1v) is 9.98. The number of amides is 3. The number of hydrogen-bond donors (Lipinski definition) is 2. The van der Waals surface area contributed by atoms with Gasteiger partial charge in [-0.1, -0.05) is 0 Å². The number of ether oxygens (including phenoxy) is 2. The molecular formula is C19H31N3O5. The van der Waals surface area contributed by atoms with Gasteiger partial charge in [-0.05, 0) is 65.7 Å². The number of likely N-dealkylation sites (tertiary alicyclic amines) is 1. The van der Waals surface area contributed by atoms with Crippen LogP contribution >= 0.6 is 0 Å². The van der Waals surface area contributed by atoms with Gasteiger partial charge in [0.2, 0.25) is 5.91 Å². The number of hydrogen-bond acceptors (Lipinski definition) is 5. The van der Waals surface area contributed by atoms with E-state index in [1.807, 2.05) is 0 Å². The van der Waals surface area contributed by atoms with E-state index >= 15 is 0 Å². The van der Waals surface area contributed by atoms with Crippen LogP contribution in [0.3, 0.4) is 0 Å². The molecule has 0 radical (unpaired) electrons. The van der Waals surface area contributed by atoms with Crippen molar-refractivity contribution in [3.05, 3.63) is 0 Å². The Kier molecular flexibility index (Phi) is 5.93. The van der Waals surface area contributed by atoms with Crippen molar-refractivity contribution in [2.75, 3.05) is 6.54 Å². The Morgan fingerprint density at radius 3 is 2.22 bits per heavy atom. The summed E-state index contributed by atoms with van der Waals surface area (Å²) in [6, 6.07) is -0.624. The Bertz CT molecular complexity index is 578. The third-order valence-electron chi connectivity index (χ3n) is 5.12. The molecule has 1 aliphatic heterocycles. The maximum atomic E-state index is 12.5. The molecule has 0 aromatic heterocycles. The van der Waals surface area contributed by atoms with Crippen LogP contribution in [0.4, 0.5) is 4.79 Å². The largest absolute Gasteiger partial charge is 0.444 e. The lowest BCUT2D eigenvalue weighted by Crippen LogP contribution is -2.57. The van der Waals surface area contributed by atoms with E-state index in [0.29, 0.717) is 31.9 Å². The maximum Gasteiger partial charge on any atom is 0.410 e. The van der Waals surface area contributed by atoms with E-state index in [-0.39, 0.29) is 23.8 Å². The molecule has 1 atom stereocenters. The van der Waals surface area contributed by atoms with Gasteiger partial charge in [0.1, 0.15) is 11.6 Å². The molecular weight excluding hydrogens is 350 g/mol. The Morgan fingerprint density at radius 1 is 0.926 bits per heavy atom. The SMILES string of the molecule is CC(C)(C)OC(=O)N1CCCCC1C(=O)NNC(=O)C1CC(OC2CC2)C1. The summed E-state index contributed by atoms with van der Waals surface area (Å²) in [5, 5.41) is 0. The van der Waals surface area contributed by atoms with Crippen LogP contribution in [0, 0.1) is 5.92 Å². The fraction of sp³-hybridized carbons (Fsp3) is 0.842. The number of carbonyl (C=O) groups excluding carboxylic acids is 3. The summed E-state index contributed by atoms with van der Waals surface area (Å²) in [5.74, 6) is -0.694. The number of nitrogens with zero attached hydrogens (tertiary/aromatic N) is 1. The molecule has 8 nitrogen and oxygen atoms in total. The van der Waals surface area contributed by atoms with Crippen LogP contribution in [-0.4, -0.2) is 53.2 Å². The number of carbonyl (C=O) groups is 3. The Balaban J connectivity index is 1.44. The highest BCUT2D eigenvalue weighted by Gasteiger charge is 2.39. The summed E-state index contributed by atoms with van der Waals surface area (Å²) in [7, 11) is 0. The van der Waals surface area contributed by atoms with Crippen LogP contribution in [-0.2, 0) is 19.1 Å². The molecule has 1 saturated heterocycles. The van der Waals surface area contributed by atoms with Crippen LogP contribution in [0.5, 0.6) is 0 Å². The third-order valence-corrected chi connectivity index (χ3v) is 5.12. The molecule has 3 fully saturated rings. The van der Waals surface area contributed by atoms with E-state index in [1.165, 1.54) is 4.90 Å². The van der Waals surface area contributed by atoms with Gasteiger partial charge < -0.3 is 9.47 Å². The Labute approximate surface area is 160 Å². The van der Waals surface area contributed by atoms with Crippen molar-refractivity contribution in [2.45, 2.75) is 89.6 Å². The van der Waals surface area contributed by atoms with E-state index in [1.54, 1.807) is 20.8 Å². The van der Waals surface area contributed by atoms with Crippen LogP contribution in [0.1, 0.15) is 65.7 Å². The van der Waals surface area contributed by atoms with Crippen molar-refractivity contribution < 1.29 is 23.9 Å². The van der Waals surface area contributed by atoms with Gasteiger partial charge in [-0.3, -0.25) is 25.3 Å². The topological polar surface area (TPSA) is 97.0 Å². The van der Waals surface area contributed by atoms with Crippen molar-refractivity contribution >= 4 is 17.9 Å². The second kappa shape index (κ2) is 8.04. The van der Waals surface area contributed by atoms with Gasteiger partial charge in [0.05, 0.1) is 12.2 Å². The third kappa shape index (κ3) is 5.57. The van der Waals surface area contributed by atoms with Crippen LogP contribution < -0.4 is 10.9 Å². The zero-order chi connectivity index (χ0) is 19.6. The quantitative estimate of drug-likeness (QED) is 0.725. The number of piperidine rings is 1. The lowest BCUT2D eigenvalue weighted by molar-refractivity contribution is -0.139. The highest BCUT2D eigenvalue weighted by molar-refractivity contribution is 5.88. The van der Waals surface area contributed by atoms with Gasteiger partial charge in [0, 0.05) is 12.5 Å². The van der Waals surface area contributed by atoms with Crippen molar-refractivity contribution in [3.8, 4) is 0 Å². The normalized spacial score (nSPS) is 28.1. The predicted octanol–water partition coefficient (Wildman–Crippen LogP) is 1.88. The monoisotopic (exact) mass is 381 g/mol. The first kappa shape index (κ1) is 19.9. The Morgan fingerprint density at radius 2 is 1.59 bits per heavy atom. The van der Waals surface area contributed by atoms with Gasteiger partial charge in [-0.15, -0.1) is 0 Å². The van der Waals surface area contributed by atoms with E-state index in [0.717, 1.165) is 25.7 Å². The summed E-state index contributed by atoms with van der Waals surface area (Å²) in [4.78, 5) is 38.5. The molecule has 0 spiro atoms. The first-order chi connectivity index (χ1) is 12.7. The molecule has 3 rings (SSSR count). The van der Waals surface area contributed by atoms with Crippen LogP contribution in [0.15, 0.2) is 0 Å². The smallest absolute Gasteiger partial charge is 0.410 e. The average molecular weight is 381 g/mol. The molecule has 8 heteroatoms. The van der Waals surface area contributed by atoms with Crippen molar-refractivity contribution in [1.29, 1.82) is 0 Å². The molecule has 2 N–H and O–H groups in total. The molecule has 152 valence electrons. The van der Waals surface area contributed by atoms with Crippen molar-refractivity contribution in [2.24, 2.45) is 5.92 Å². The minimum absolute atomic E-state index is 0.123. The summed E-state index contributed by atoms with van der Waals surface area (Å²) in [6.45, 7) is 5.86. The van der Waals surface area contributed by atoms with Crippen LogP contribution in [0.25, 0.3) is 0 Å². The molecule has 0 bridgehead atoms. The zero-order valence-electron chi connectivity index (χ0n) is 16.5. The molecule has 3 amide bonds. The highest BCUT2D eigenvalue weighted by Crippen LogP contribution is 2.35. The first-order valence-electron chi connectivity index (χ1n) is 9.98. The van der Waals surface area contributed by atoms with Crippen molar-refractivity contribution in [3.63, 3.8) is 0 Å². The minimum atomic E-state index is -0.624. The lowest BCUT2D eigenvalue weighted by atomic mass is 9.82. The molecule has 2 saturated carbocycles. The predicted molar refractivity (Wildman–Crippen MR) is 97.5 cm³/mol. The number of rotatable bonds is 4. The molecule has 0 aromatic carbocycles. The van der Waals surface area contributed by atoms with E-state index < -0.39 is 17.7 Å². The van der Waals surface area contributed by atoms with Gasteiger partial charge in [0.15, 0.2) is 0 Å². The molecule has 1 unspecified atom stereocenters. The summed E-state index contributed by atoms with van der Waals surface area (Å²) >= 11 is 0. The zero-order valence-corrected chi connectivity index (χ0v) is 16.5. The fourth-order valence-corrected chi connectivity index (χ4v) is 3.42. The number of nitrogens with one attached hydrogen (secondary N) is 2. The molecule has 0 aromatic rings. The molecule has 27 heavy (non-hydrogen) atoms. The van der Waals surface area contributed by atoms with Gasteiger partial charge in [-0.2, -0.15) is 0 Å². The lowest BCUT2D eigenvalue weighted by Gasteiger charge is -2.36. The summed E-state index contributed by atoms with van der Waals surface area (Å²) < 4.78 is 11.2. The van der Waals surface area contributed by atoms with Gasteiger partial charge in [0.25, 0.3) is 5.91 Å². The highest BCUT2D eigenvalue weighted by atomic mass is 16.6. The van der Waals surface area contributed by atoms with Gasteiger partial charge >= 0.3 is 6.09 Å². The van der Waals surface area contributed by atoms with Gasteiger partial charge in [-0.25, -0.2) is 4.79 Å². The fourth-order valence-electron chi connectivity index (χ4n) is 3.42. The molecule has 3 aliphatic rings. The standard InChI is InChI=1S/C19H31N3O5/c1-19(2,3)27-18(25)22-9-5-4-6-15(22)17(24)21-20-16(23)12-10-14(11-12)26-13-7-8-13/h12-15H,4-11H2,1-3H3,(H,20,23)(H,21,24). The van der Waals surface area contributed by atoms with E-state index in [2.05, 4.69) is 10.9 Å². The minimum Gasteiger partial charge on any atom is -0.444 e. The number of hydrazine groups is 1. The second-order valence-corrected chi connectivity index (χ2v) is 8.79.